The SMILES string of the molecule is C=CCNS(=O)(=O)c1cccc(C(=O)N2CCN(Cc3cccs3)CC2)c1. The van der Waals surface area contributed by atoms with Crippen molar-refractivity contribution >= 4 is 27.3 Å². The molecule has 6 nitrogen and oxygen atoms in total. The Morgan fingerprint density at radius 3 is 2.63 bits per heavy atom. The number of carbonyl (C=O) groups is 1. The molecular weight excluding hydrogens is 382 g/mol. The Bertz CT molecular complexity index is 887. The summed E-state index contributed by atoms with van der Waals surface area (Å²) in [6, 6.07) is 10.3. The van der Waals surface area contributed by atoms with Crippen LogP contribution >= 0.6 is 11.3 Å². The largest absolute Gasteiger partial charge is 0.336 e. The number of hydrogen-bond acceptors (Lipinski definition) is 5. The second kappa shape index (κ2) is 8.79. The Kier molecular flexibility index (Phi) is 6.43. The highest BCUT2D eigenvalue weighted by atomic mass is 32.2. The van der Waals surface area contributed by atoms with Gasteiger partial charge < -0.3 is 4.90 Å². The molecule has 8 heteroatoms. The first-order valence-corrected chi connectivity index (χ1v) is 11.1. The van der Waals surface area contributed by atoms with Gasteiger partial charge in [0.2, 0.25) is 10.0 Å². The lowest BCUT2D eigenvalue weighted by atomic mass is 10.2. The Hall–Kier alpha value is -2.00. The van der Waals surface area contributed by atoms with E-state index < -0.39 is 10.0 Å². The number of nitrogens with zero attached hydrogens (tertiary/aromatic N) is 2. The van der Waals surface area contributed by atoms with Crippen LogP contribution in [0.2, 0.25) is 0 Å². The fourth-order valence-corrected chi connectivity index (χ4v) is 4.75. The van der Waals surface area contributed by atoms with E-state index in [1.54, 1.807) is 28.4 Å². The molecule has 1 aliphatic rings. The van der Waals surface area contributed by atoms with Crippen LogP contribution in [-0.2, 0) is 16.6 Å². The molecule has 0 atom stereocenters. The minimum absolute atomic E-state index is 0.0894. The zero-order valence-corrected chi connectivity index (χ0v) is 16.6. The molecule has 0 spiro atoms. The summed E-state index contributed by atoms with van der Waals surface area (Å²) in [4.78, 5) is 18.3. The van der Waals surface area contributed by atoms with Crippen molar-refractivity contribution < 1.29 is 13.2 Å². The summed E-state index contributed by atoms with van der Waals surface area (Å²) >= 11 is 1.74. The van der Waals surface area contributed by atoms with Crippen molar-refractivity contribution in [2.24, 2.45) is 0 Å². The van der Waals surface area contributed by atoms with Crippen molar-refractivity contribution in [3.63, 3.8) is 0 Å². The van der Waals surface area contributed by atoms with Crippen molar-refractivity contribution in [3.8, 4) is 0 Å². The molecule has 3 rings (SSSR count). The normalized spacial score (nSPS) is 15.6. The van der Waals surface area contributed by atoms with E-state index in [0.717, 1.165) is 19.6 Å². The fourth-order valence-electron chi connectivity index (χ4n) is 2.96. The molecule has 1 aromatic carbocycles. The average Bonchev–Trinajstić information content (AvgIpc) is 3.19. The van der Waals surface area contributed by atoms with Gasteiger partial charge in [-0.25, -0.2) is 13.1 Å². The summed E-state index contributed by atoms with van der Waals surface area (Å²) in [6.07, 6.45) is 1.47. The fraction of sp³-hybridized carbons (Fsp3) is 0.316. The van der Waals surface area contributed by atoms with E-state index in [-0.39, 0.29) is 17.3 Å². The summed E-state index contributed by atoms with van der Waals surface area (Å²) in [5.41, 5.74) is 0.392. The van der Waals surface area contributed by atoms with Gasteiger partial charge in [0.25, 0.3) is 5.91 Å². The number of rotatable bonds is 7. The molecule has 2 aromatic rings. The van der Waals surface area contributed by atoms with Gasteiger partial charge in [-0.15, -0.1) is 17.9 Å². The highest BCUT2D eigenvalue weighted by molar-refractivity contribution is 7.89. The van der Waals surface area contributed by atoms with E-state index in [1.165, 1.54) is 23.1 Å². The number of sulfonamides is 1. The second-order valence-electron chi connectivity index (χ2n) is 6.32. The summed E-state index contributed by atoms with van der Waals surface area (Å²) in [5.74, 6) is -0.133. The van der Waals surface area contributed by atoms with Crippen molar-refractivity contribution in [1.29, 1.82) is 0 Å². The number of nitrogens with one attached hydrogen (secondary N) is 1. The van der Waals surface area contributed by atoms with Gasteiger partial charge in [-0.3, -0.25) is 9.69 Å². The molecule has 27 heavy (non-hydrogen) atoms. The predicted octanol–water partition coefficient (Wildman–Crippen LogP) is 2.17. The van der Waals surface area contributed by atoms with Crippen LogP contribution in [0.5, 0.6) is 0 Å². The summed E-state index contributed by atoms with van der Waals surface area (Å²) in [5, 5.41) is 2.07. The van der Waals surface area contributed by atoms with E-state index in [1.807, 2.05) is 6.07 Å². The number of amides is 1. The molecule has 0 unspecified atom stereocenters. The van der Waals surface area contributed by atoms with Gasteiger partial charge in [0.1, 0.15) is 0 Å². The van der Waals surface area contributed by atoms with Gasteiger partial charge in [0.15, 0.2) is 0 Å². The lowest BCUT2D eigenvalue weighted by Gasteiger charge is -2.34. The first-order valence-electron chi connectivity index (χ1n) is 8.74. The van der Waals surface area contributed by atoms with Gasteiger partial charge in [-0.1, -0.05) is 18.2 Å². The summed E-state index contributed by atoms with van der Waals surface area (Å²) < 4.78 is 26.9. The molecule has 1 aliphatic heterocycles. The quantitative estimate of drug-likeness (QED) is 0.717. The topological polar surface area (TPSA) is 69.7 Å². The van der Waals surface area contributed by atoms with Crippen LogP contribution in [0.1, 0.15) is 15.2 Å². The Morgan fingerprint density at radius 2 is 1.96 bits per heavy atom. The molecule has 1 amide bonds. The highest BCUT2D eigenvalue weighted by Crippen LogP contribution is 2.17. The van der Waals surface area contributed by atoms with E-state index in [4.69, 9.17) is 0 Å². The Morgan fingerprint density at radius 1 is 1.19 bits per heavy atom. The van der Waals surface area contributed by atoms with Crippen LogP contribution in [-0.4, -0.2) is 56.8 Å². The third kappa shape index (κ3) is 5.04. The van der Waals surface area contributed by atoms with Crippen molar-refractivity contribution in [3.05, 3.63) is 64.9 Å². The van der Waals surface area contributed by atoms with Crippen molar-refractivity contribution in [2.45, 2.75) is 11.4 Å². The standard InChI is InChI=1S/C19H23N3O3S2/c1-2-8-20-27(24,25)18-7-3-5-16(14-18)19(23)22-11-9-21(10-12-22)15-17-6-4-13-26-17/h2-7,13-14,20H,1,8-12,15H2. The number of benzene rings is 1. The molecule has 0 radical (unpaired) electrons. The molecule has 1 saturated heterocycles. The number of thiophene rings is 1. The van der Waals surface area contributed by atoms with E-state index in [0.29, 0.717) is 18.7 Å². The maximum atomic E-state index is 12.8. The number of carbonyl (C=O) groups excluding carboxylic acids is 1. The summed E-state index contributed by atoms with van der Waals surface area (Å²) in [7, 11) is -3.65. The average molecular weight is 406 g/mol. The second-order valence-corrected chi connectivity index (χ2v) is 9.12. The third-order valence-electron chi connectivity index (χ3n) is 4.43. The van der Waals surface area contributed by atoms with Crippen LogP contribution in [0.3, 0.4) is 0 Å². The smallest absolute Gasteiger partial charge is 0.253 e. The summed E-state index contributed by atoms with van der Waals surface area (Å²) in [6.45, 7) is 7.44. The maximum Gasteiger partial charge on any atom is 0.253 e. The highest BCUT2D eigenvalue weighted by Gasteiger charge is 2.23. The number of hydrogen-bond donors (Lipinski definition) is 1. The molecule has 0 saturated carbocycles. The lowest BCUT2D eigenvalue weighted by molar-refractivity contribution is 0.0629. The molecule has 1 aromatic heterocycles. The minimum Gasteiger partial charge on any atom is -0.336 e. The Labute approximate surface area is 164 Å². The van der Waals surface area contributed by atoms with E-state index >= 15 is 0 Å². The first kappa shape index (κ1) is 19.8. The zero-order valence-electron chi connectivity index (χ0n) is 15.0. The molecule has 2 heterocycles. The van der Waals surface area contributed by atoms with Gasteiger partial charge in [0, 0.05) is 49.7 Å². The molecular formula is C19H23N3O3S2. The van der Waals surface area contributed by atoms with Crippen LogP contribution in [0.25, 0.3) is 0 Å². The van der Waals surface area contributed by atoms with Crippen LogP contribution in [0.15, 0.2) is 59.3 Å². The predicted molar refractivity (Wildman–Crippen MR) is 107 cm³/mol. The van der Waals surface area contributed by atoms with Gasteiger partial charge >= 0.3 is 0 Å². The molecule has 0 bridgehead atoms. The van der Waals surface area contributed by atoms with Crippen molar-refractivity contribution in [1.82, 2.24) is 14.5 Å². The van der Waals surface area contributed by atoms with E-state index in [2.05, 4.69) is 27.6 Å². The monoisotopic (exact) mass is 405 g/mol. The maximum absolute atomic E-state index is 12.8. The van der Waals surface area contributed by atoms with Gasteiger partial charge in [-0.2, -0.15) is 0 Å². The zero-order chi connectivity index (χ0) is 19.3. The molecule has 1 fully saturated rings. The molecule has 144 valence electrons. The van der Waals surface area contributed by atoms with E-state index in [9.17, 15) is 13.2 Å². The molecule has 0 aliphatic carbocycles. The minimum atomic E-state index is -3.65. The third-order valence-corrected chi connectivity index (χ3v) is 6.71. The van der Waals surface area contributed by atoms with Crippen LogP contribution < -0.4 is 4.72 Å². The van der Waals surface area contributed by atoms with Gasteiger partial charge in [0.05, 0.1) is 4.90 Å². The first-order chi connectivity index (χ1) is 13.0. The van der Waals surface area contributed by atoms with Crippen molar-refractivity contribution in [2.75, 3.05) is 32.7 Å². The Balaban J connectivity index is 1.63. The van der Waals surface area contributed by atoms with Gasteiger partial charge in [-0.05, 0) is 29.6 Å². The lowest BCUT2D eigenvalue weighted by Crippen LogP contribution is -2.48. The number of piperazine rings is 1. The molecule has 1 N–H and O–H groups in total. The van der Waals surface area contributed by atoms with Crippen LogP contribution in [0, 0.1) is 0 Å². The van der Waals surface area contributed by atoms with Crippen LogP contribution in [0.4, 0.5) is 0 Å².